The van der Waals surface area contributed by atoms with E-state index in [1.807, 2.05) is 30.3 Å². The van der Waals surface area contributed by atoms with Gasteiger partial charge >= 0.3 is 6.18 Å². The van der Waals surface area contributed by atoms with Crippen molar-refractivity contribution in [3.63, 3.8) is 0 Å². The minimum Gasteiger partial charge on any atom is -0.493 e. The SMILES string of the molecule is O=Cc1ccc(OCCc2ccccc2)cc1C(F)(F)F. The first-order valence-electron chi connectivity index (χ1n) is 6.34. The van der Waals surface area contributed by atoms with Gasteiger partial charge in [0.25, 0.3) is 0 Å². The molecule has 21 heavy (non-hydrogen) atoms. The topological polar surface area (TPSA) is 26.3 Å². The zero-order valence-corrected chi connectivity index (χ0v) is 11.1. The molecule has 0 atom stereocenters. The van der Waals surface area contributed by atoms with Gasteiger partial charge in [-0.3, -0.25) is 4.79 Å². The van der Waals surface area contributed by atoms with Crippen LogP contribution in [0.25, 0.3) is 0 Å². The third-order valence-corrected chi connectivity index (χ3v) is 2.96. The first-order chi connectivity index (χ1) is 10.0. The fourth-order valence-electron chi connectivity index (χ4n) is 1.90. The summed E-state index contributed by atoms with van der Waals surface area (Å²) in [5.74, 6) is 0.101. The van der Waals surface area contributed by atoms with E-state index in [4.69, 9.17) is 4.74 Å². The Morgan fingerprint density at radius 2 is 1.76 bits per heavy atom. The lowest BCUT2D eigenvalue weighted by Gasteiger charge is -2.12. The summed E-state index contributed by atoms with van der Waals surface area (Å²) in [6.07, 6.45) is -3.79. The predicted octanol–water partition coefficient (Wildman–Crippen LogP) is 4.14. The van der Waals surface area contributed by atoms with Crippen LogP contribution in [0.1, 0.15) is 21.5 Å². The molecule has 2 aromatic rings. The third-order valence-electron chi connectivity index (χ3n) is 2.96. The number of carbonyl (C=O) groups excluding carboxylic acids is 1. The van der Waals surface area contributed by atoms with Gasteiger partial charge < -0.3 is 4.74 Å². The molecule has 0 amide bonds. The molecule has 2 nitrogen and oxygen atoms in total. The molecule has 2 rings (SSSR count). The second-order valence-corrected chi connectivity index (χ2v) is 4.45. The van der Waals surface area contributed by atoms with E-state index in [1.165, 1.54) is 6.07 Å². The number of hydrogen-bond donors (Lipinski definition) is 0. The van der Waals surface area contributed by atoms with Gasteiger partial charge in [0.2, 0.25) is 0 Å². The van der Waals surface area contributed by atoms with E-state index in [-0.39, 0.29) is 18.6 Å². The van der Waals surface area contributed by atoms with Crippen molar-refractivity contribution in [3.05, 3.63) is 65.2 Å². The molecule has 5 heteroatoms. The number of alkyl halides is 3. The lowest BCUT2D eigenvalue weighted by atomic mass is 10.1. The first kappa shape index (κ1) is 15.1. The highest BCUT2D eigenvalue weighted by atomic mass is 19.4. The van der Waals surface area contributed by atoms with Crippen molar-refractivity contribution >= 4 is 6.29 Å². The van der Waals surface area contributed by atoms with E-state index in [0.717, 1.165) is 17.7 Å². The summed E-state index contributed by atoms with van der Waals surface area (Å²) in [4.78, 5) is 10.6. The smallest absolute Gasteiger partial charge is 0.417 e. The van der Waals surface area contributed by atoms with Crippen LogP contribution in [0.5, 0.6) is 5.75 Å². The molecule has 0 saturated carbocycles. The number of halogens is 3. The van der Waals surface area contributed by atoms with Crippen LogP contribution in [0.4, 0.5) is 13.2 Å². The Morgan fingerprint density at radius 3 is 2.38 bits per heavy atom. The second kappa shape index (κ2) is 6.43. The molecule has 0 aliphatic heterocycles. The van der Waals surface area contributed by atoms with E-state index < -0.39 is 17.3 Å². The number of ether oxygens (including phenoxy) is 1. The van der Waals surface area contributed by atoms with Gasteiger partial charge in [-0.05, 0) is 23.8 Å². The van der Waals surface area contributed by atoms with Gasteiger partial charge in [0, 0.05) is 12.0 Å². The highest BCUT2D eigenvalue weighted by molar-refractivity contribution is 5.78. The number of hydrogen-bond acceptors (Lipinski definition) is 2. The normalized spacial score (nSPS) is 11.2. The summed E-state index contributed by atoms with van der Waals surface area (Å²) in [5.41, 5.74) is -0.328. The van der Waals surface area contributed by atoms with Crippen LogP contribution in [-0.4, -0.2) is 12.9 Å². The van der Waals surface area contributed by atoms with Crippen LogP contribution < -0.4 is 4.74 Å². The molecular formula is C16H13F3O2. The molecule has 0 aromatic heterocycles. The minimum absolute atomic E-state index is 0.101. The molecule has 0 aliphatic carbocycles. The van der Waals surface area contributed by atoms with Crippen LogP contribution in [-0.2, 0) is 12.6 Å². The highest BCUT2D eigenvalue weighted by Gasteiger charge is 2.33. The first-order valence-corrected chi connectivity index (χ1v) is 6.34. The summed E-state index contributed by atoms with van der Waals surface area (Å²) in [5, 5.41) is 0. The summed E-state index contributed by atoms with van der Waals surface area (Å²) < 4.78 is 43.7. The Morgan fingerprint density at radius 1 is 1.05 bits per heavy atom. The molecule has 2 aromatic carbocycles. The van der Waals surface area contributed by atoms with E-state index in [2.05, 4.69) is 0 Å². The van der Waals surface area contributed by atoms with Gasteiger partial charge in [0.05, 0.1) is 12.2 Å². The lowest BCUT2D eigenvalue weighted by molar-refractivity contribution is -0.137. The molecular weight excluding hydrogens is 281 g/mol. The molecule has 0 heterocycles. The summed E-state index contributed by atoms with van der Waals surface area (Å²) >= 11 is 0. The quantitative estimate of drug-likeness (QED) is 0.775. The zero-order chi connectivity index (χ0) is 15.3. The fourth-order valence-corrected chi connectivity index (χ4v) is 1.90. The predicted molar refractivity (Wildman–Crippen MR) is 72.5 cm³/mol. The van der Waals surface area contributed by atoms with E-state index >= 15 is 0 Å². The Kier molecular flexibility index (Phi) is 4.62. The Hall–Kier alpha value is -2.30. The Balaban J connectivity index is 2.06. The molecule has 0 spiro atoms. The molecule has 110 valence electrons. The van der Waals surface area contributed by atoms with Crippen molar-refractivity contribution < 1.29 is 22.7 Å². The summed E-state index contributed by atoms with van der Waals surface area (Å²) in [6, 6.07) is 12.8. The Labute approximate surface area is 120 Å². The standard InChI is InChI=1S/C16H13F3O2/c17-16(18,19)15-10-14(7-6-13(15)11-20)21-9-8-12-4-2-1-3-5-12/h1-7,10-11H,8-9H2. The van der Waals surface area contributed by atoms with Crippen molar-refractivity contribution in [1.29, 1.82) is 0 Å². The maximum absolute atomic E-state index is 12.8. The number of benzene rings is 2. The molecule has 0 saturated heterocycles. The molecule has 0 radical (unpaired) electrons. The molecule has 0 N–H and O–H groups in total. The Bertz CT molecular complexity index is 607. The third kappa shape index (κ3) is 4.08. The van der Waals surface area contributed by atoms with E-state index in [1.54, 1.807) is 0 Å². The van der Waals surface area contributed by atoms with Crippen molar-refractivity contribution in [2.24, 2.45) is 0 Å². The highest BCUT2D eigenvalue weighted by Crippen LogP contribution is 2.33. The van der Waals surface area contributed by atoms with Crippen LogP contribution in [0.15, 0.2) is 48.5 Å². The zero-order valence-electron chi connectivity index (χ0n) is 11.1. The summed E-state index contributed by atoms with van der Waals surface area (Å²) in [6.45, 7) is 0.266. The van der Waals surface area contributed by atoms with Gasteiger partial charge in [-0.15, -0.1) is 0 Å². The molecule has 0 unspecified atom stereocenters. The minimum atomic E-state index is -4.57. The maximum atomic E-state index is 12.8. The average molecular weight is 294 g/mol. The average Bonchev–Trinajstić information content (AvgIpc) is 2.47. The van der Waals surface area contributed by atoms with E-state index in [0.29, 0.717) is 6.42 Å². The molecule has 0 bridgehead atoms. The van der Waals surface area contributed by atoms with E-state index in [9.17, 15) is 18.0 Å². The fraction of sp³-hybridized carbons (Fsp3) is 0.188. The van der Waals surface area contributed by atoms with Crippen LogP contribution in [0, 0.1) is 0 Å². The molecule has 0 fully saturated rings. The molecule has 0 aliphatic rings. The number of aldehydes is 1. The van der Waals surface area contributed by atoms with Crippen LogP contribution >= 0.6 is 0 Å². The van der Waals surface area contributed by atoms with Gasteiger partial charge in [0.15, 0.2) is 6.29 Å². The monoisotopic (exact) mass is 294 g/mol. The van der Waals surface area contributed by atoms with Gasteiger partial charge in [-0.1, -0.05) is 30.3 Å². The van der Waals surface area contributed by atoms with Gasteiger partial charge in [-0.2, -0.15) is 13.2 Å². The number of carbonyl (C=O) groups is 1. The maximum Gasteiger partial charge on any atom is 0.417 e. The van der Waals surface area contributed by atoms with Gasteiger partial charge in [-0.25, -0.2) is 0 Å². The van der Waals surface area contributed by atoms with Gasteiger partial charge in [0.1, 0.15) is 5.75 Å². The van der Waals surface area contributed by atoms with Crippen molar-refractivity contribution in [2.75, 3.05) is 6.61 Å². The van der Waals surface area contributed by atoms with Crippen LogP contribution in [0.3, 0.4) is 0 Å². The van der Waals surface area contributed by atoms with Crippen molar-refractivity contribution in [2.45, 2.75) is 12.6 Å². The van der Waals surface area contributed by atoms with Crippen molar-refractivity contribution in [1.82, 2.24) is 0 Å². The largest absolute Gasteiger partial charge is 0.493 e. The number of rotatable bonds is 5. The van der Waals surface area contributed by atoms with Crippen LogP contribution in [0.2, 0.25) is 0 Å². The summed E-state index contributed by atoms with van der Waals surface area (Å²) in [7, 11) is 0. The van der Waals surface area contributed by atoms with Crippen molar-refractivity contribution in [3.8, 4) is 5.75 Å². The lowest BCUT2D eigenvalue weighted by Crippen LogP contribution is -2.10. The second-order valence-electron chi connectivity index (χ2n) is 4.45.